The fourth-order valence-corrected chi connectivity index (χ4v) is 3.01. The van der Waals surface area contributed by atoms with E-state index < -0.39 is 0 Å². The molecule has 0 saturated carbocycles. The van der Waals surface area contributed by atoms with Crippen molar-refractivity contribution < 1.29 is 4.74 Å². The highest BCUT2D eigenvalue weighted by Gasteiger charge is 2.11. The zero-order chi connectivity index (χ0) is 17.1. The van der Waals surface area contributed by atoms with E-state index in [-0.39, 0.29) is 0 Å². The first-order chi connectivity index (χ1) is 12.3. The van der Waals surface area contributed by atoms with Crippen molar-refractivity contribution in [2.45, 2.75) is 6.92 Å². The van der Waals surface area contributed by atoms with Crippen molar-refractivity contribution in [2.24, 2.45) is 0 Å². The Labute approximate surface area is 146 Å². The van der Waals surface area contributed by atoms with E-state index >= 15 is 0 Å². The third kappa shape index (κ3) is 3.36. The highest BCUT2D eigenvalue weighted by molar-refractivity contribution is 5.88. The van der Waals surface area contributed by atoms with Crippen LogP contribution < -0.4 is 15.5 Å². The Kier molecular flexibility index (Phi) is 4.39. The van der Waals surface area contributed by atoms with Crippen molar-refractivity contribution in [2.75, 3.05) is 48.4 Å². The first kappa shape index (κ1) is 15.7. The van der Waals surface area contributed by atoms with E-state index in [4.69, 9.17) is 4.74 Å². The molecule has 4 rings (SSSR count). The van der Waals surface area contributed by atoms with Gasteiger partial charge in [-0.05, 0) is 37.3 Å². The summed E-state index contributed by atoms with van der Waals surface area (Å²) in [7, 11) is 0. The second kappa shape index (κ2) is 6.98. The predicted molar refractivity (Wildman–Crippen MR) is 101 cm³/mol. The molecule has 0 unspecified atom stereocenters. The number of H-pyrrole nitrogens is 1. The van der Waals surface area contributed by atoms with E-state index in [0.717, 1.165) is 55.4 Å². The van der Waals surface area contributed by atoms with Gasteiger partial charge in [-0.2, -0.15) is 9.97 Å². The Morgan fingerprint density at radius 2 is 1.92 bits per heavy atom. The second-order valence-electron chi connectivity index (χ2n) is 5.94. The molecule has 3 heterocycles. The SMILES string of the molecule is CCNc1nc(Nc2ccc(N3CCOCC3)cc2)nc2[nH]ccc12. The summed E-state index contributed by atoms with van der Waals surface area (Å²) in [6.45, 7) is 6.31. The van der Waals surface area contributed by atoms with E-state index in [2.05, 4.69) is 61.7 Å². The number of fused-ring (bicyclic) bond motifs is 1. The van der Waals surface area contributed by atoms with Gasteiger partial charge < -0.3 is 25.3 Å². The minimum atomic E-state index is 0.574. The summed E-state index contributed by atoms with van der Waals surface area (Å²) >= 11 is 0. The third-order valence-electron chi connectivity index (χ3n) is 4.26. The quantitative estimate of drug-likeness (QED) is 0.664. The number of hydrogen-bond donors (Lipinski definition) is 3. The molecule has 0 spiro atoms. The van der Waals surface area contributed by atoms with E-state index in [1.807, 2.05) is 12.3 Å². The van der Waals surface area contributed by atoms with E-state index in [0.29, 0.717) is 5.95 Å². The van der Waals surface area contributed by atoms with E-state index in [1.165, 1.54) is 5.69 Å². The molecule has 3 N–H and O–H groups in total. The summed E-state index contributed by atoms with van der Waals surface area (Å²) in [5, 5.41) is 7.57. The molecule has 0 amide bonds. The van der Waals surface area contributed by atoms with Gasteiger partial charge in [0.15, 0.2) is 0 Å². The monoisotopic (exact) mass is 338 g/mol. The molecule has 7 heteroatoms. The van der Waals surface area contributed by atoms with Crippen LogP contribution in [0.15, 0.2) is 36.5 Å². The van der Waals surface area contributed by atoms with Crippen molar-refractivity contribution in [1.82, 2.24) is 15.0 Å². The molecule has 25 heavy (non-hydrogen) atoms. The van der Waals surface area contributed by atoms with Crippen LogP contribution in [0.1, 0.15) is 6.92 Å². The Morgan fingerprint density at radius 1 is 1.12 bits per heavy atom. The van der Waals surface area contributed by atoms with Gasteiger partial charge in [0, 0.05) is 37.2 Å². The van der Waals surface area contributed by atoms with Crippen molar-refractivity contribution >= 4 is 34.2 Å². The van der Waals surface area contributed by atoms with Gasteiger partial charge in [0.05, 0.1) is 18.6 Å². The zero-order valence-electron chi connectivity index (χ0n) is 14.2. The van der Waals surface area contributed by atoms with Crippen LogP contribution in [0.5, 0.6) is 0 Å². The number of ether oxygens (including phenoxy) is 1. The van der Waals surface area contributed by atoms with Crippen LogP contribution in [0.4, 0.5) is 23.1 Å². The topological polar surface area (TPSA) is 78.1 Å². The Hall–Kier alpha value is -2.80. The summed E-state index contributed by atoms with van der Waals surface area (Å²) in [5.41, 5.74) is 2.99. The maximum absolute atomic E-state index is 5.40. The Balaban J connectivity index is 1.54. The average Bonchev–Trinajstić information content (AvgIpc) is 3.12. The van der Waals surface area contributed by atoms with Gasteiger partial charge in [0.2, 0.25) is 5.95 Å². The number of rotatable bonds is 5. The lowest BCUT2D eigenvalue weighted by molar-refractivity contribution is 0.122. The Morgan fingerprint density at radius 3 is 2.68 bits per heavy atom. The normalized spacial score (nSPS) is 14.7. The van der Waals surface area contributed by atoms with Gasteiger partial charge in [0.1, 0.15) is 11.5 Å². The molecular formula is C18H22N6O. The maximum Gasteiger partial charge on any atom is 0.231 e. The minimum Gasteiger partial charge on any atom is -0.378 e. The van der Waals surface area contributed by atoms with Crippen LogP contribution in [0.2, 0.25) is 0 Å². The van der Waals surface area contributed by atoms with Crippen LogP contribution in [-0.2, 0) is 4.74 Å². The third-order valence-corrected chi connectivity index (χ3v) is 4.26. The van der Waals surface area contributed by atoms with Crippen LogP contribution in [0.3, 0.4) is 0 Å². The molecule has 1 aliphatic rings. The fourth-order valence-electron chi connectivity index (χ4n) is 3.01. The lowest BCUT2D eigenvalue weighted by Crippen LogP contribution is -2.36. The van der Waals surface area contributed by atoms with Crippen LogP contribution in [-0.4, -0.2) is 47.8 Å². The number of aromatic amines is 1. The smallest absolute Gasteiger partial charge is 0.231 e. The maximum atomic E-state index is 5.40. The molecule has 7 nitrogen and oxygen atoms in total. The summed E-state index contributed by atoms with van der Waals surface area (Å²) in [6, 6.07) is 10.3. The van der Waals surface area contributed by atoms with E-state index in [9.17, 15) is 0 Å². The van der Waals surface area contributed by atoms with Gasteiger partial charge in [0.25, 0.3) is 0 Å². The largest absolute Gasteiger partial charge is 0.378 e. The summed E-state index contributed by atoms with van der Waals surface area (Å²) in [6.07, 6.45) is 1.88. The number of anilines is 4. The molecule has 1 aliphatic heterocycles. The van der Waals surface area contributed by atoms with Crippen LogP contribution in [0.25, 0.3) is 11.0 Å². The number of aromatic nitrogens is 3. The highest BCUT2D eigenvalue weighted by Crippen LogP contribution is 2.24. The second-order valence-corrected chi connectivity index (χ2v) is 5.94. The van der Waals surface area contributed by atoms with Crippen molar-refractivity contribution in [3.8, 4) is 0 Å². The summed E-state index contributed by atoms with van der Waals surface area (Å²) < 4.78 is 5.40. The van der Waals surface area contributed by atoms with Gasteiger partial charge in [-0.3, -0.25) is 0 Å². The molecule has 2 aromatic heterocycles. The van der Waals surface area contributed by atoms with Crippen molar-refractivity contribution in [3.63, 3.8) is 0 Å². The van der Waals surface area contributed by atoms with Gasteiger partial charge in [-0.1, -0.05) is 0 Å². The number of benzene rings is 1. The number of nitrogens with one attached hydrogen (secondary N) is 3. The first-order valence-corrected chi connectivity index (χ1v) is 8.62. The predicted octanol–water partition coefficient (Wildman–Crippen LogP) is 2.97. The number of morpholine rings is 1. The number of hydrogen-bond acceptors (Lipinski definition) is 6. The van der Waals surface area contributed by atoms with Gasteiger partial charge >= 0.3 is 0 Å². The average molecular weight is 338 g/mol. The molecule has 0 aliphatic carbocycles. The van der Waals surface area contributed by atoms with Crippen LogP contribution >= 0.6 is 0 Å². The summed E-state index contributed by atoms with van der Waals surface area (Å²) in [5.74, 6) is 1.41. The molecular weight excluding hydrogens is 316 g/mol. The molecule has 0 radical (unpaired) electrons. The molecule has 3 aromatic rings. The summed E-state index contributed by atoms with van der Waals surface area (Å²) in [4.78, 5) is 14.6. The van der Waals surface area contributed by atoms with Crippen molar-refractivity contribution in [1.29, 1.82) is 0 Å². The van der Waals surface area contributed by atoms with Crippen molar-refractivity contribution in [3.05, 3.63) is 36.5 Å². The van der Waals surface area contributed by atoms with Crippen LogP contribution in [0, 0.1) is 0 Å². The standard InChI is InChI=1S/C18H22N6O/c1-2-19-16-15-7-8-20-17(15)23-18(22-16)21-13-3-5-14(6-4-13)24-9-11-25-12-10-24/h3-8H,2,9-12H2,1H3,(H3,19,20,21,22,23). The van der Waals surface area contributed by atoms with Gasteiger partial charge in [-0.15, -0.1) is 0 Å². The Bertz CT molecular complexity index is 838. The molecule has 1 aromatic carbocycles. The zero-order valence-corrected chi connectivity index (χ0v) is 14.2. The molecule has 0 bridgehead atoms. The lowest BCUT2D eigenvalue weighted by Gasteiger charge is -2.28. The highest BCUT2D eigenvalue weighted by atomic mass is 16.5. The molecule has 1 fully saturated rings. The van der Waals surface area contributed by atoms with Gasteiger partial charge in [-0.25, -0.2) is 0 Å². The molecule has 130 valence electrons. The fraction of sp³-hybridized carbons (Fsp3) is 0.333. The lowest BCUT2D eigenvalue weighted by atomic mass is 10.2. The molecule has 1 saturated heterocycles. The van der Waals surface area contributed by atoms with E-state index in [1.54, 1.807) is 0 Å². The minimum absolute atomic E-state index is 0.574. The molecule has 0 atom stereocenters. The number of nitrogens with zero attached hydrogens (tertiary/aromatic N) is 3. The first-order valence-electron chi connectivity index (χ1n) is 8.62.